The van der Waals surface area contributed by atoms with Crippen LogP contribution in [-0.2, 0) is 9.47 Å². The maximum atomic E-state index is 5.30. The Morgan fingerprint density at radius 1 is 1.35 bits per heavy atom. The molecule has 17 heavy (non-hydrogen) atoms. The summed E-state index contributed by atoms with van der Waals surface area (Å²) < 4.78 is 11.5. The third-order valence-electron chi connectivity index (χ3n) is 2.69. The lowest BCUT2D eigenvalue weighted by atomic mass is 10.1. The molecule has 0 aliphatic rings. The average molecular weight is 302 g/mol. The van der Waals surface area contributed by atoms with Crippen LogP contribution in [0.5, 0.6) is 0 Å². The van der Waals surface area contributed by atoms with Gasteiger partial charge >= 0.3 is 0 Å². The molecule has 0 aliphatic heterocycles. The number of nitrogens with one attached hydrogen (secondary N) is 1. The van der Waals surface area contributed by atoms with Crippen molar-refractivity contribution < 1.29 is 9.47 Å². The molecule has 0 saturated carbocycles. The van der Waals surface area contributed by atoms with E-state index in [2.05, 4.69) is 40.3 Å². The molecule has 4 heteroatoms. The standard InChI is InChI=1S/C13H20BrNO2/c1-10(11-5-4-6-12(14)7-11)15-8-13(17-3)9-16-2/h4-7,10,13,15H,8-9H2,1-3H3. The molecule has 0 fully saturated rings. The normalized spacial score (nSPS) is 14.6. The molecule has 0 saturated heterocycles. The minimum Gasteiger partial charge on any atom is -0.382 e. The maximum absolute atomic E-state index is 5.30. The van der Waals surface area contributed by atoms with E-state index in [1.807, 2.05) is 12.1 Å². The maximum Gasteiger partial charge on any atom is 0.0928 e. The largest absolute Gasteiger partial charge is 0.382 e. The first-order valence-electron chi connectivity index (χ1n) is 5.68. The van der Waals surface area contributed by atoms with Crippen molar-refractivity contribution in [3.05, 3.63) is 34.3 Å². The second-order valence-electron chi connectivity index (χ2n) is 4.00. The van der Waals surface area contributed by atoms with Gasteiger partial charge in [-0.3, -0.25) is 0 Å². The van der Waals surface area contributed by atoms with Crippen molar-refractivity contribution in [1.82, 2.24) is 5.32 Å². The summed E-state index contributed by atoms with van der Waals surface area (Å²) in [4.78, 5) is 0. The zero-order valence-corrected chi connectivity index (χ0v) is 12.2. The summed E-state index contributed by atoms with van der Waals surface area (Å²) in [5.41, 5.74) is 1.26. The fourth-order valence-electron chi connectivity index (χ4n) is 1.60. The summed E-state index contributed by atoms with van der Waals surface area (Å²) in [6.45, 7) is 3.52. The van der Waals surface area contributed by atoms with Gasteiger partial charge in [0.15, 0.2) is 0 Å². The Morgan fingerprint density at radius 3 is 2.71 bits per heavy atom. The Kier molecular flexibility index (Phi) is 6.73. The lowest BCUT2D eigenvalue weighted by molar-refractivity contribution is 0.0276. The molecule has 0 aromatic heterocycles. The number of ether oxygens (including phenoxy) is 2. The van der Waals surface area contributed by atoms with Crippen molar-refractivity contribution in [3.8, 4) is 0 Å². The van der Waals surface area contributed by atoms with E-state index < -0.39 is 0 Å². The highest BCUT2D eigenvalue weighted by molar-refractivity contribution is 9.10. The van der Waals surface area contributed by atoms with Crippen LogP contribution in [0.15, 0.2) is 28.7 Å². The lowest BCUT2D eigenvalue weighted by Crippen LogP contribution is -2.33. The molecular weight excluding hydrogens is 282 g/mol. The van der Waals surface area contributed by atoms with Gasteiger partial charge in [-0.15, -0.1) is 0 Å². The Labute approximate surface area is 112 Å². The molecule has 0 amide bonds. The molecular formula is C13H20BrNO2. The molecule has 1 N–H and O–H groups in total. The second kappa shape index (κ2) is 7.82. The van der Waals surface area contributed by atoms with Gasteiger partial charge in [0.1, 0.15) is 0 Å². The molecule has 0 bridgehead atoms. The highest BCUT2D eigenvalue weighted by atomic mass is 79.9. The lowest BCUT2D eigenvalue weighted by Gasteiger charge is -2.19. The highest BCUT2D eigenvalue weighted by Gasteiger charge is 2.10. The number of benzene rings is 1. The first kappa shape index (κ1) is 14.6. The van der Waals surface area contributed by atoms with E-state index in [1.54, 1.807) is 14.2 Å². The predicted octanol–water partition coefficient (Wildman–Crippen LogP) is 2.76. The fourth-order valence-corrected chi connectivity index (χ4v) is 2.02. The quantitative estimate of drug-likeness (QED) is 0.840. The van der Waals surface area contributed by atoms with Crippen molar-refractivity contribution in [2.24, 2.45) is 0 Å². The van der Waals surface area contributed by atoms with E-state index in [9.17, 15) is 0 Å². The third kappa shape index (κ3) is 5.17. The minimum absolute atomic E-state index is 0.0922. The van der Waals surface area contributed by atoms with E-state index in [4.69, 9.17) is 9.47 Å². The van der Waals surface area contributed by atoms with Gasteiger partial charge in [-0.1, -0.05) is 28.1 Å². The average Bonchev–Trinajstić information content (AvgIpc) is 2.34. The van der Waals surface area contributed by atoms with Gasteiger partial charge in [-0.2, -0.15) is 0 Å². The Hall–Kier alpha value is -0.420. The Morgan fingerprint density at radius 2 is 2.12 bits per heavy atom. The van der Waals surface area contributed by atoms with Crippen molar-refractivity contribution in [2.45, 2.75) is 19.1 Å². The first-order valence-corrected chi connectivity index (χ1v) is 6.47. The topological polar surface area (TPSA) is 30.5 Å². The highest BCUT2D eigenvalue weighted by Crippen LogP contribution is 2.17. The van der Waals surface area contributed by atoms with Gasteiger partial charge in [-0.25, -0.2) is 0 Å². The summed E-state index contributed by atoms with van der Waals surface area (Å²) in [5, 5.41) is 3.44. The number of hydrogen-bond acceptors (Lipinski definition) is 3. The number of methoxy groups -OCH3 is 2. The molecule has 0 aliphatic carbocycles. The van der Waals surface area contributed by atoms with Crippen LogP contribution < -0.4 is 5.32 Å². The predicted molar refractivity (Wildman–Crippen MR) is 73.2 cm³/mol. The van der Waals surface area contributed by atoms with Gasteiger partial charge in [-0.05, 0) is 24.6 Å². The Balaban J connectivity index is 2.46. The van der Waals surface area contributed by atoms with Crippen LogP contribution in [-0.4, -0.2) is 33.5 Å². The van der Waals surface area contributed by atoms with Crippen LogP contribution >= 0.6 is 15.9 Å². The number of rotatable bonds is 7. The summed E-state index contributed by atoms with van der Waals surface area (Å²) in [6.07, 6.45) is 0.0922. The number of hydrogen-bond donors (Lipinski definition) is 1. The van der Waals surface area contributed by atoms with Gasteiger partial charge < -0.3 is 14.8 Å². The second-order valence-corrected chi connectivity index (χ2v) is 4.91. The van der Waals surface area contributed by atoms with Gasteiger partial charge in [0.2, 0.25) is 0 Å². The fraction of sp³-hybridized carbons (Fsp3) is 0.538. The van der Waals surface area contributed by atoms with E-state index in [0.29, 0.717) is 12.6 Å². The van der Waals surface area contributed by atoms with Crippen molar-refractivity contribution in [2.75, 3.05) is 27.4 Å². The third-order valence-corrected chi connectivity index (χ3v) is 3.18. The molecule has 0 spiro atoms. The van der Waals surface area contributed by atoms with Crippen LogP contribution in [0.4, 0.5) is 0 Å². The van der Waals surface area contributed by atoms with E-state index in [0.717, 1.165) is 11.0 Å². The monoisotopic (exact) mass is 301 g/mol. The summed E-state index contributed by atoms with van der Waals surface area (Å²) in [6, 6.07) is 8.60. The van der Waals surface area contributed by atoms with Crippen molar-refractivity contribution in [1.29, 1.82) is 0 Å². The first-order chi connectivity index (χ1) is 8.17. The van der Waals surface area contributed by atoms with Gasteiger partial charge in [0.05, 0.1) is 12.7 Å². The van der Waals surface area contributed by atoms with E-state index >= 15 is 0 Å². The smallest absolute Gasteiger partial charge is 0.0928 e. The Bertz CT molecular complexity index is 333. The molecule has 96 valence electrons. The van der Waals surface area contributed by atoms with E-state index in [-0.39, 0.29) is 6.10 Å². The van der Waals surface area contributed by atoms with Crippen LogP contribution in [0, 0.1) is 0 Å². The van der Waals surface area contributed by atoms with Crippen LogP contribution in [0.1, 0.15) is 18.5 Å². The van der Waals surface area contributed by atoms with Crippen molar-refractivity contribution in [3.63, 3.8) is 0 Å². The zero-order chi connectivity index (χ0) is 12.7. The van der Waals surface area contributed by atoms with Gasteiger partial charge in [0, 0.05) is 31.3 Å². The van der Waals surface area contributed by atoms with Gasteiger partial charge in [0.25, 0.3) is 0 Å². The van der Waals surface area contributed by atoms with Crippen LogP contribution in [0.2, 0.25) is 0 Å². The molecule has 3 nitrogen and oxygen atoms in total. The SMILES string of the molecule is COCC(CNC(C)c1cccc(Br)c1)OC. The molecule has 1 aromatic rings. The summed E-state index contributed by atoms with van der Waals surface area (Å²) >= 11 is 3.48. The van der Waals surface area contributed by atoms with Crippen LogP contribution in [0.25, 0.3) is 0 Å². The minimum atomic E-state index is 0.0922. The number of halogens is 1. The molecule has 2 atom stereocenters. The summed E-state index contributed by atoms with van der Waals surface area (Å²) in [7, 11) is 3.39. The van der Waals surface area contributed by atoms with Crippen molar-refractivity contribution >= 4 is 15.9 Å². The molecule has 2 unspecified atom stereocenters. The summed E-state index contributed by atoms with van der Waals surface area (Å²) in [5.74, 6) is 0. The van der Waals surface area contributed by atoms with Crippen LogP contribution in [0.3, 0.4) is 0 Å². The van der Waals surface area contributed by atoms with E-state index in [1.165, 1.54) is 5.56 Å². The molecule has 0 heterocycles. The molecule has 1 rings (SSSR count). The zero-order valence-electron chi connectivity index (χ0n) is 10.6. The molecule has 0 radical (unpaired) electrons. The molecule has 1 aromatic carbocycles.